The van der Waals surface area contributed by atoms with Crippen LogP contribution in [-0.4, -0.2) is 18.4 Å². The largest absolute Gasteiger partial charge is 0.351 e. The average Bonchev–Trinajstić information content (AvgIpc) is 2.74. The van der Waals surface area contributed by atoms with Crippen LogP contribution >= 0.6 is 11.3 Å². The Morgan fingerprint density at radius 2 is 1.91 bits per heavy atom. The fourth-order valence-corrected chi connectivity index (χ4v) is 2.85. The molecule has 2 N–H and O–H groups in total. The first-order valence-corrected chi connectivity index (χ1v) is 8.63. The SMILES string of the molecule is Cc1cc(NC(=O)C(C)(C)C)sc1C(=O)NCCCC(C)C. The van der Waals surface area contributed by atoms with Gasteiger partial charge in [0.15, 0.2) is 0 Å². The van der Waals surface area contributed by atoms with Gasteiger partial charge >= 0.3 is 0 Å². The third-order valence-corrected chi connectivity index (χ3v) is 4.44. The first-order chi connectivity index (χ1) is 10.1. The average molecular weight is 324 g/mol. The summed E-state index contributed by atoms with van der Waals surface area (Å²) in [5, 5.41) is 6.56. The summed E-state index contributed by atoms with van der Waals surface area (Å²) < 4.78 is 0. The number of anilines is 1. The molecule has 0 radical (unpaired) electrons. The monoisotopic (exact) mass is 324 g/mol. The Bertz CT molecular complexity index is 527. The van der Waals surface area contributed by atoms with E-state index in [1.165, 1.54) is 11.3 Å². The summed E-state index contributed by atoms with van der Waals surface area (Å²) in [7, 11) is 0. The molecule has 0 saturated heterocycles. The van der Waals surface area contributed by atoms with Gasteiger partial charge in [-0.2, -0.15) is 0 Å². The van der Waals surface area contributed by atoms with Crippen molar-refractivity contribution in [1.29, 1.82) is 0 Å². The second kappa shape index (κ2) is 7.77. The van der Waals surface area contributed by atoms with Crippen LogP contribution in [0.15, 0.2) is 6.07 Å². The van der Waals surface area contributed by atoms with Crippen LogP contribution in [0.5, 0.6) is 0 Å². The van der Waals surface area contributed by atoms with Crippen LogP contribution in [0.1, 0.15) is 62.7 Å². The van der Waals surface area contributed by atoms with Gasteiger partial charge in [0, 0.05) is 12.0 Å². The molecule has 22 heavy (non-hydrogen) atoms. The normalized spacial score (nSPS) is 11.6. The van der Waals surface area contributed by atoms with E-state index in [9.17, 15) is 9.59 Å². The van der Waals surface area contributed by atoms with E-state index >= 15 is 0 Å². The summed E-state index contributed by atoms with van der Waals surface area (Å²) >= 11 is 1.33. The number of hydrogen-bond acceptors (Lipinski definition) is 3. The minimum absolute atomic E-state index is 0.0439. The van der Waals surface area contributed by atoms with Crippen LogP contribution in [0.25, 0.3) is 0 Å². The first-order valence-electron chi connectivity index (χ1n) is 7.81. The number of amides is 2. The molecule has 1 heterocycles. The molecule has 2 amide bonds. The molecule has 0 aliphatic carbocycles. The lowest BCUT2D eigenvalue weighted by Gasteiger charge is -2.16. The van der Waals surface area contributed by atoms with E-state index in [1.807, 2.05) is 33.8 Å². The number of nitrogens with one attached hydrogen (secondary N) is 2. The molecule has 4 nitrogen and oxygen atoms in total. The lowest BCUT2D eigenvalue weighted by Crippen LogP contribution is -2.27. The van der Waals surface area contributed by atoms with Gasteiger partial charge in [-0.1, -0.05) is 34.6 Å². The molecule has 1 rings (SSSR count). The molecule has 0 spiro atoms. The van der Waals surface area contributed by atoms with E-state index in [0.29, 0.717) is 17.3 Å². The molecule has 5 heteroatoms. The highest BCUT2D eigenvalue weighted by atomic mass is 32.1. The van der Waals surface area contributed by atoms with Gasteiger partial charge in [0.05, 0.1) is 9.88 Å². The van der Waals surface area contributed by atoms with Gasteiger partial charge in [0.25, 0.3) is 5.91 Å². The molecule has 124 valence electrons. The van der Waals surface area contributed by atoms with Crippen molar-refractivity contribution >= 4 is 28.2 Å². The standard InChI is InChI=1S/C17H28N2O2S/c1-11(2)8-7-9-18-15(20)14-12(3)10-13(22-14)19-16(21)17(4,5)6/h10-11H,7-9H2,1-6H3,(H,18,20)(H,19,21). The highest BCUT2D eigenvalue weighted by molar-refractivity contribution is 7.18. The topological polar surface area (TPSA) is 58.2 Å². The quantitative estimate of drug-likeness (QED) is 0.770. The summed E-state index contributed by atoms with van der Waals surface area (Å²) in [5.41, 5.74) is 0.451. The third-order valence-electron chi connectivity index (χ3n) is 3.29. The minimum Gasteiger partial charge on any atom is -0.351 e. The van der Waals surface area contributed by atoms with Crippen molar-refractivity contribution in [3.63, 3.8) is 0 Å². The lowest BCUT2D eigenvalue weighted by atomic mass is 9.96. The predicted molar refractivity (Wildman–Crippen MR) is 93.5 cm³/mol. The van der Waals surface area contributed by atoms with E-state index in [-0.39, 0.29) is 11.8 Å². The van der Waals surface area contributed by atoms with Gasteiger partial charge in [0.2, 0.25) is 5.91 Å². The van der Waals surface area contributed by atoms with E-state index in [1.54, 1.807) is 0 Å². The summed E-state index contributed by atoms with van der Waals surface area (Å²) in [5.74, 6) is 0.555. The van der Waals surface area contributed by atoms with Gasteiger partial charge < -0.3 is 10.6 Å². The molecule has 1 aromatic rings. The Morgan fingerprint density at radius 3 is 2.45 bits per heavy atom. The zero-order chi connectivity index (χ0) is 16.9. The Hall–Kier alpha value is -1.36. The molecule has 0 fully saturated rings. The van der Waals surface area contributed by atoms with Gasteiger partial charge in [0.1, 0.15) is 0 Å². The van der Waals surface area contributed by atoms with Crippen LogP contribution in [-0.2, 0) is 4.79 Å². The second-order valence-corrected chi connectivity index (χ2v) is 8.17. The number of carbonyl (C=O) groups is 2. The van der Waals surface area contributed by atoms with Gasteiger partial charge in [-0.15, -0.1) is 11.3 Å². The van der Waals surface area contributed by atoms with E-state index in [4.69, 9.17) is 0 Å². The van der Waals surface area contributed by atoms with Crippen LogP contribution in [0.4, 0.5) is 5.00 Å². The molecule has 0 bridgehead atoms. The molecule has 0 saturated carbocycles. The first kappa shape index (κ1) is 18.7. The lowest BCUT2D eigenvalue weighted by molar-refractivity contribution is -0.123. The zero-order valence-electron chi connectivity index (χ0n) is 14.5. The third kappa shape index (κ3) is 5.79. The van der Waals surface area contributed by atoms with Crippen molar-refractivity contribution in [3.05, 3.63) is 16.5 Å². The number of carbonyl (C=O) groups excluding carboxylic acids is 2. The van der Waals surface area contributed by atoms with Crippen molar-refractivity contribution in [2.75, 3.05) is 11.9 Å². The van der Waals surface area contributed by atoms with Crippen molar-refractivity contribution in [2.24, 2.45) is 11.3 Å². The maximum Gasteiger partial charge on any atom is 0.261 e. The van der Waals surface area contributed by atoms with Crippen molar-refractivity contribution in [3.8, 4) is 0 Å². The summed E-state index contributed by atoms with van der Waals surface area (Å²) in [4.78, 5) is 24.9. The summed E-state index contributed by atoms with van der Waals surface area (Å²) in [6.07, 6.45) is 2.10. The van der Waals surface area contributed by atoms with Crippen molar-refractivity contribution in [1.82, 2.24) is 5.32 Å². The molecular weight excluding hydrogens is 296 g/mol. The van der Waals surface area contributed by atoms with Crippen LogP contribution in [0, 0.1) is 18.3 Å². The Labute approximate surface area is 137 Å². The highest BCUT2D eigenvalue weighted by Crippen LogP contribution is 2.28. The molecular formula is C17H28N2O2S. The molecule has 0 unspecified atom stereocenters. The smallest absolute Gasteiger partial charge is 0.261 e. The Kier molecular flexibility index (Phi) is 6.60. The fraction of sp³-hybridized carbons (Fsp3) is 0.647. The number of aryl methyl sites for hydroxylation is 1. The van der Waals surface area contributed by atoms with Gasteiger partial charge in [-0.3, -0.25) is 9.59 Å². The molecule has 0 aliphatic rings. The van der Waals surface area contributed by atoms with E-state index < -0.39 is 5.41 Å². The predicted octanol–water partition coefficient (Wildman–Crippen LogP) is 4.21. The minimum atomic E-state index is -0.447. The van der Waals surface area contributed by atoms with E-state index in [2.05, 4.69) is 24.5 Å². The Morgan fingerprint density at radius 1 is 1.27 bits per heavy atom. The van der Waals surface area contributed by atoms with Crippen molar-refractivity contribution in [2.45, 2.75) is 54.4 Å². The van der Waals surface area contributed by atoms with E-state index in [0.717, 1.165) is 23.4 Å². The molecule has 0 aliphatic heterocycles. The van der Waals surface area contributed by atoms with Crippen LogP contribution in [0.2, 0.25) is 0 Å². The van der Waals surface area contributed by atoms with Gasteiger partial charge in [-0.05, 0) is 37.3 Å². The molecule has 0 atom stereocenters. The summed E-state index contributed by atoms with van der Waals surface area (Å²) in [6.45, 7) is 12.5. The fourth-order valence-electron chi connectivity index (χ4n) is 1.86. The second-order valence-electron chi connectivity index (χ2n) is 7.12. The molecule has 1 aromatic heterocycles. The highest BCUT2D eigenvalue weighted by Gasteiger charge is 2.22. The molecule has 0 aromatic carbocycles. The van der Waals surface area contributed by atoms with Gasteiger partial charge in [-0.25, -0.2) is 0 Å². The van der Waals surface area contributed by atoms with Crippen LogP contribution < -0.4 is 10.6 Å². The van der Waals surface area contributed by atoms with Crippen molar-refractivity contribution < 1.29 is 9.59 Å². The van der Waals surface area contributed by atoms with Crippen LogP contribution in [0.3, 0.4) is 0 Å². The number of rotatable bonds is 6. The summed E-state index contributed by atoms with van der Waals surface area (Å²) in [6, 6.07) is 1.86. The maximum atomic E-state index is 12.2. The number of hydrogen-bond donors (Lipinski definition) is 2. The zero-order valence-corrected chi connectivity index (χ0v) is 15.3. The Balaban J connectivity index is 2.61. The maximum absolute atomic E-state index is 12.2. The number of thiophene rings is 1.